The molecule has 0 fully saturated rings. The lowest BCUT2D eigenvalue weighted by Crippen LogP contribution is -2.39. The van der Waals surface area contributed by atoms with Crippen molar-refractivity contribution in [2.24, 2.45) is 5.10 Å². The summed E-state index contributed by atoms with van der Waals surface area (Å²) in [5, 5.41) is 4.24. The first-order valence-corrected chi connectivity index (χ1v) is 12.1. The van der Waals surface area contributed by atoms with Crippen LogP contribution < -0.4 is 14.9 Å². The Kier molecular flexibility index (Phi) is 8.80. The lowest BCUT2D eigenvalue weighted by atomic mass is 10.2. The molecule has 184 valence electrons. The Labute approximate surface area is 208 Å². The number of halogens is 2. The summed E-state index contributed by atoms with van der Waals surface area (Å²) in [4.78, 5) is 12.5. The van der Waals surface area contributed by atoms with E-state index in [0.29, 0.717) is 22.1 Å². The molecule has 0 heterocycles. The number of nitrogens with one attached hydrogen (secondary N) is 1. The number of nitrogens with zero attached hydrogens (tertiary/aromatic N) is 2. The zero-order valence-electron chi connectivity index (χ0n) is 18.9. The second-order valence-electron chi connectivity index (χ2n) is 7.23. The summed E-state index contributed by atoms with van der Waals surface area (Å²) < 4.78 is 52.0. The van der Waals surface area contributed by atoms with Gasteiger partial charge in [-0.1, -0.05) is 29.8 Å². The van der Waals surface area contributed by atoms with E-state index >= 15 is 0 Å². The highest BCUT2D eigenvalue weighted by atomic mass is 35.5. The Morgan fingerprint density at radius 3 is 2.40 bits per heavy atom. The first-order chi connectivity index (χ1) is 16.7. The molecule has 3 rings (SSSR count). The fourth-order valence-electron chi connectivity index (χ4n) is 3.11. The Bertz CT molecular complexity index is 1320. The zero-order valence-corrected chi connectivity index (χ0v) is 20.5. The van der Waals surface area contributed by atoms with E-state index in [1.54, 1.807) is 24.3 Å². The van der Waals surface area contributed by atoms with Gasteiger partial charge in [-0.2, -0.15) is 9.41 Å². The minimum Gasteiger partial charge on any atom is -0.493 e. The van der Waals surface area contributed by atoms with E-state index in [2.05, 4.69) is 10.5 Å². The Morgan fingerprint density at radius 2 is 1.74 bits per heavy atom. The predicted molar refractivity (Wildman–Crippen MR) is 131 cm³/mol. The minimum absolute atomic E-state index is 0.0835. The molecule has 0 atom stereocenters. The third kappa shape index (κ3) is 6.78. The largest absolute Gasteiger partial charge is 0.493 e. The van der Waals surface area contributed by atoms with Crippen molar-refractivity contribution in [1.29, 1.82) is 0 Å². The summed E-state index contributed by atoms with van der Waals surface area (Å²) >= 11 is 5.87. The van der Waals surface area contributed by atoms with Gasteiger partial charge in [0.2, 0.25) is 10.0 Å². The summed E-state index contributed by atoms with van der Waals surface area (Å²) in [5.74, 6) is -0.288. The molecule has 0 aliphatic heterocycles. The number of ether oxygens (including phenoxy) is 2. The topological polar surface area (TPSA) is 97.3 Å². The molecular formula is C24H23ClFN3O5S. The first-order valence-electron chi connectivity index (χ1n) is 10.3. The number of carbonyl (C=O) groups is 1. The molecule has 0 saturated carbocycles. The van der Waals surface area contributed by atoms with Gasteiger partial charge in [-0.25, -0.2) is 18.2 Å². The first kappa shape index (κ1) is 26.1. The third-order valence-corrected chi connectivity index (χ3v) is 6.94. The van der Waals surface area contributed by atoms with E-state index in [1.807, 2.05) is 0 Å². The summed E-state index contributed by atoms with van der Waals surface area (Å²) in [7, 11) is -1.15. The average Bonchev–Trinajstić information content (AvgIpc) is 2.85. The van der Waals surface area contributed by atoms with Gasteiger partial charge in [0, 0.05) is 17.1 Å². The number of hydrazone groups is 1. The molecule has 11 heteroatoms. The van der Waals surface area contributed by atoms with Crippen molar-refractivity contribution in [3.8, 4) is 11.5 Å². The molecule has 3 aromatic rings. The molecule has 1 N–H and O–H groups in total. The van der Waals surface area contributed by atoms with Gasteiger partial charge in [-0.05, 0) is 54.1 Å². The van der Waals surface area contributed by atoms with Crippen LogP contribution in [0.5, 0.6) is 11.5 Å². The molecule has 0 aliphatic carbocycles. The smallest absolute Gasteiger partial charge is 0.255 e. The third-order valence-electron chi connectivity index (χ3n) is 4.89. The number of sulfonamides is 1. The number of methoxy groups -OCH3 is 2. The molecule has 1 amide bonds. The van der Waals surface area contributed by atoms with Crippen LogP contribution in [0, 0.1) is 5.82 Å². The second-order valence-corrected chi connectivity index (χ2v) is 9.60. The number of carbonyl (C=O) groups excluding carboxylic acids is 1. The maximum atomic E-state index is 14.3. The lowest BCUT2D eigenvalue weighted by molar-refractivity contribution is -0.121. The van der Waals surface area contributed by atoms with Crippen LogP contribution in [0.2, 0.25) is 5.02 Å². The van der Waals surface area contributed by atoms with Crippen LogP contribution in [0.1, 0.15) is 11.1 Å². The molecule has 0 saturated heterocycles. The van der Waals surface area contributed by atoms with Crippen molar-refractivity contribution < 1.29 is 27.1 Å². The van der Waals surface area contributed by atoms with Gasteiger partial charge in [-0.15, -0.1) is 0 Å². The summed E-state index contributed by atoms with van der Waals surface area (Å²) in [6.45, 7) is -0.951. The maximum absolute atomic E-state index is 14.3. The van der Waals surface area contributed by atoms with Gasteiger partial charge in [0.05, 0.1) is 31.9 Å². The highest BCUT2D eigenvalue weighted by molar-refractivity contribution is 7.89. The van der Waals surface area contributed by atoms with Crippen LogP contribution in [-0.2, 0) is 21.4 Å². The zero-order chi connectivity index (χ0) is 25.4. The molecular weight excluding hydrogens is 497 g/mol. The number of rotatable bonds is 10. The van der Waals surface area contributed by atoms with Crippen LogP contribution in [-0.4, -0.2) is 45.6 Å². The van der Waals surface area contributed by atoms with Gasteiger partial charge in [0.25, 0.3) is 5.91 Å². The van der Waals surface area contributed by atoms with Crippen LogP contribution in [0.25, 0.3) is 0 Å². The van der Waals surface area contributed by atoms with E-state index in [-0.39, 0.29) is 17.0 Å². The molecule has 0 unspecified atom stereocenters. The van der Waals surface area contributed by atoms with Gasteiger partial charge in [-0.3, -0.25) is 4.79 Å². The van der Waals surface area contributed by atoms with Crippen molar-refractivity contribution >= 4 is 33.7 Å². The number of benzene rings is 3. The normalized spacial score (nSPS) is 11.6. The van der Waals surface area contributed by atoms with Gasteiger partial charge >= 0.3 is 0 Å². The van der Waals surface area contributed by atoms with Crippen molar-refractivity contribution in [1.82, 2.24) is 9.73 Å². The Balaban J connectivity index is 1.79. The highest BCUT2D eigenvalue weighted by Gasteiger charge is 2.27. The standard InChI is InChI=1S/C24H23ClFN3O5S/c1-33-22-12-7-17(13-23(22)34-2)14-27-28-24(30)16-29(15-18-5-3-4-6-21(18)26)35(31,32)20-10-8-19(25)9-11-20/h3-14H,15-16H2,1-2H3,(H,28,30)/b27-14-. The SMILES string of the molecule is COc1ccc(/C=N\NC(=O)CN(Cc2ccccc2F)S(=O)(=O)c2ccc(Cl)cc2)cc1OC. The van der Waals surface area contributed by atoms with Gasteiger partial charge in [0.15, 0.2) is 11.5 Å². The molecule has 0 spiro atoms. The van der Waals surface area contributed by atoms with Crippen LogP contribution in [0.4, 0.5) is 4.39 Å². The van der Waals surface area contributed by atoms with E-state index in [4.69, 9.17) is 21.1 Å². The van der Waals surface area contributed by atoms with Gasteiger partial charge < -0.3 is 9.47 Å². The quantitative estimate of drug-likeness (QED) is 0.324. The molecule has 3 aromatic carbocycles. The van der Waals surface area contributed by atoms with Crippen LogP contribution in [0.3, 0.4) is 0 Å². The second kappa shape index (κ2) is 11.8. The minimum atomic E-state index is -4.16. The summed E-state index contributed by atoms with van der Waals surface area (Å²) in [5.41, 5.74) is 3.03. The summed E-state index contributed by atoms with van der Waals surface area (Å²) in [6.07, 6.45) is 1.37. The molecule has 0 radical (unpaired) electrons. The summed E-state index contributed by atoms with van der Waals surface area (Å²) in [6, 6.07) is 16.3. The van der Waals surface area contributed by atoms with Crippen molar-refractivity contribution in [3.63, 3.8) is 0 Å². The highest BCUT2D eigenvalue weighted by Crippen LogP contribution is 2.27. The lowest BCUT2D eigenvalue weighted by Gasteiger charge is -2.21. The fraction of sp³-hybridized carbons (Fsp3) is 0.167. The molecule has 0 aliphatic rings. The molecule has 0 bridgehead atoms. The van der Waals surface area contributed by atoms with E-state index < -0.39 is 28.3 Å². The van der Waals surface area contributed by atoms with Crippen molar-refractivity contribution in [3.05, 3.63) is 88.7 Å². The number of hydrogen-bond acceptors (Lipinski definition) is 6. The molecule has 0 aromatic heterocycles. The number of hydrogen-bond donors (Lipinski definition) is 1. The Morgan fingerprint density at radius 1 is 1.06 bits per heavy atom. The maximum Gasteiger partial charge on any atom is 0.255 e. The van der Waals surface area contributed by atoms with Gasteiger partial charge in [0.1, 0.15) is 5.82 Å². The number of amides is 1. The molecule has 8 nitrogen and oxygen atoms in total. The van der Waals surface area contributed by atoms with Crippen LogP contribution >= 0.6 is 11.6 Å². The van der Waals surface area contributed by atoms with E-state index in [0.717, 1.165) is 4.31 Å². The predicted octanol–water partition coefficient (Wildman–Crippen LogP) is 3.84. The van der Waals surface area contributed by atoms with Crippen molar-refractivity contribution in [2.45, 2.75) is 11.4 Å². The van der Waals surface area contributed by atoms with E-state index in [1.165, 1.54) is 62.9 Å². The Hall–Kier alpha value is -3.47. The van der Waals surface area contributed by atoms with Crippen molar-refractivity contribution in [2.75, 3.05) is 20.8 Å². The van der Waals surface area contributed by atoms with Crippen LogP contribution in [0.15, 0.2) is 76.7 Å². The van der Waals surface area contributed by atoms with E-state index in [9.17, 15) is 17.6 Å². The average molecular weight is 520 g/mol. The monoisotopic (exact) mass is 519 g/mol. The fourth-order valence-corrected chi connectivity index (χ4v) is 4.61. The molecule has 35 heavy (non-hydrogen) atoms.